The molecule has 1 aromatic carbocycles. The van der Waals surface area contributed by atoms with E-state index in [0.29, 0.717) is 16.7 Å². The molecule has 0 radical (unpaired) electrons. The molecule has 0 aliphatic carbocycles. The lowest BCUT2D eigenvalue weighted by atomic mass is 10.1. The number of unbranched alkanes of at least 4 members (excludes halogenated alkanes) is 5. The number of hydrogen-bond acceptors (Lipinski definition) is 3. The summed E-state index contributed by atoms with van der Waals surface area (Å²) in [7, 11) is 0. The van der Waals surface area contributed by atoms with E-state index in [2.05, 4.69) is 22.9 Å². The minimum atomic E-state index is -0.349. The van der Waals surface area contributed by atoms with E-state index in [1.165, 1.54) is 32.1 Å². The predicted molar refractivity (Wildman–Crippen MR) is 93.8 cm³/mol. The van der Waals surface area contributed by atoms with Crippen molar-refractivity contribution >= 4 is 26.9 Å². The molecule has 0 saturated carbocycles. The highest BCUT2D eigenvalue weighted by Crippen LogP contribution is 2.26. The highest BCUT2D eigenvalue weighted by atomic mass is 79.9. The van der Waals surface area contributed by atoms with Crippen LogP contribution in [0.3, 0.4) is 0 Å². The van der Waals surface area contributed by atoms with E-state index in [0.717, 1.165) is 23.1 Å². The number of ether oxygens (including phenoxy) is 1. The number of rotatable bonds is 8. The molecular weight excluding hydrogens is 344 g/mol. The van der Waals surface area contributed by atoms with Crippen molar-refractivity contribution in [1.82, 2.24) is 0 Å². The second-order valence-electron chi connectivity index (χ2n) is 5.60. The molecule has 0 unspecified atom stereocenters. The van der Waals surface area contributed by atoms with Gasteiger partial charge in [0.15, 0.2) is 0 Å². The number of hydrogen-bond donors (Lipinski definition) is 0. The van der Waals surface area contributed by atoms with Crippen LogP contribution in [0.1, 0.15) is 51.0 Å². The van der Waals surface area contributed by atoms with Gasteiger partial charge in [-0.25, -0.2) is 4.79 Å². The molecule has 0 saturated heterocycles. The topological polar surface area (TPSA) is 39.4 Å². The number of halogens is 1. The molecule has 0 spiro atoms. The minimum Gasteiger partial charge on any atom is -0.493 e. The molecule has 120 valence electrons. The van der Waals surface area contributed by atoms with Crippen LogP contribution in [0.5, 0.6) is 5.75 Å². The highest BCUT2D eigenvalue weighted by Gasteiger charge is 2.09. The second-order valence-corrected chi connectivity index (χ2v) is 6.40. The van der Waals surface area contributed by atoms with Crippen LogP contribution in [-0.2, 0) is 0 Å². The van der Waals surface area contributed by atoms with Gasteiger partial charge in [-0.3, -0.25) is 0 Å². The zero-order valence-corrected chi connectivity index (χ0v) is 14.9. The first-order valence-electron chi connectivity index (χ1n) is 7.99. The maximum atomic E-state index is 11.7. The largest absolute Gasteiger partial charge is 0.493 e. The van der Waals surface area contributed by atoms with Gasteiger partial charge in [0.2, 0.25) is 0 Å². The van der Waals surface area contributed by atoms with Crippen LogP contribution in [0, 0.1) is 6.92 Å². The van der Waals surface area contributed by atoms with Crippen LogP contribution in [0.25, 0.3) is 11.0 Å². The Balaban J connectivity index is 1.93. The van der Waals surface area contributed by atoms with Gasteiger partial charge in [0, 0.05) is 11.5 Å². The lowest BCUT2D eigenvalue weighted by Crippen LogP contribution is -2.03. The monoisotopic (exact) mass is 366 g/mol. The van der Waals surface area contributed by atoms with Gasteiger partial charge in [-0.05, 0) is 47.0 Å². The van der Waals surface area contributed by atoms with Gasteiger partial charge in [-0.15, -0.1) is 0 Å². The first-order chi connectivity index (χ1) is 10.6. The second kappa shape index (κ2) is 8.37. The van der Waals surface area contributed by atoms with Crippen LogP contribution < -0.4 is 10.4 Å². The molecule has 0 bridgehead atoms. The first-order valence-corrected chi connectivity index (χ1v) is 8.78. The Labute approximate surface area is 139 Å². The Morgan fingerprint density at radius 2 is 1.86 bits per heavy atom. The third-order valence-corrected chi connectivity index (χ3v) is 4.75. The molecule has 1 heterocycles. The molecule has 1 aromatic heterocycles. The lowest BCUT2D eigenvalue weighted by Gasteiger charge is -2.08. The van der Waals surface area contributed by atoms with E-state index in [1.54, 1.807) is 6.07 Å². The average molecular weight is 367 g/mol. The molecule has 0 aliphatic rings. The van der Waals surface area contributed by atoms with Crippen LogP contribution in [0.2, 0.25) is 0 Å². The predicted octanol–water partition coefficient (Wildman–Crippen LogP) is 5.60. The molecule has 0 N–H and O–H groups in total. The smallest absolute Gasteiger partial charge is 0.350 e. The Kier molecular flexibility index (Phi) is 6.49. The van der Waals surface area contributed by atoms with Crippen molar-refractivity contribution in [2.45, 2.75) is 52.4 Å². The maximum Gasteiger partial charge on any atom is 0.350 e. The van der Waals surface area contributed by atoms with Crippen molar-refractivity contribution in [3.63, 3.8) is 0 Å². The Morgan fingerprint density at radius 3 is 2.64 bits per heavy atom. The molecule has 3 nitrogen and oxygen atoms in total. The number of aryl methyl sites for hydroxylation is 1. The van der Waals surface area contributed by atoms with Gasteiger partial charge in [0.05, 0.1) is 6.61 Å². The van der Waals surface area contributed by atoms with E-state index in [1.807, 2.05) is 19.1 Å². The van der Waals surface area contributed by atoms with E-state index >= 15 is 0 Å². The summed E-state index contributed by atoms with van der Waals surface area (Å²) >= 11 is 3.26. The van der Waals surface area contributed by atoms with Crippen molar-refractivity contribution in [3.8, 4) is 5.75 Å². The van der Waals surface area contributed by atoms with Crippen LogP contribution in [0.4, 0.5) is 0 Å². The molecule has 0 fully saturated rings. The average Bonchev–Trinajstić information content (AvgIpc) is 2.52. The maximum absolute atomic E-state index is 11.7. The summed E-state index contributed by atoms with van der Waals surface area (Å²) < 4.78 is 11.5. The van der Waals surface area contributed by atoms with Crippen molar-refractivity contribution in [1.29, 1.82) is 0 Å². The van der Waals surface area contributed by atoms with Crippen LogP contribution in [0.15, 0.2) is 31.9 Å². The highest BCUT2D eigenvalue weighted by molar-refractivity contribution is 9.10. The summed E-state index contributed by atoms with van der Waals surface area (Å²) in [5.74, 6) is 0.755. The van der Waals surface area contributed by atoms with Crippen molar-refractivity contribution < 1.29 is 9.15 Å². The van der Waals surface area contributed by atoms with Gasteiger partial charge in [0.25, 0.3) is 0 Å². The van der Waals surface area contributed by atoms with E-state index in [-0.39, 0.29) is 5.63 Å². The van der Waals surface area contributed by atoms with Gasteiger partial charge in [0.1, 0.15) is 15.8 Å². The Morgan fingerprint density at radius 1 is 1.14 bits per heavy atom. The van der Waals surface area contributed by atoms with E-state index < -0.39 is 0 Å². The zero-order valence-electron chi connectivity index (χ0n) is 13.3. The standard InChI is InChI=1S/C18H23BrO3/c1-3-4-5-6-7-8-11-21-14-9-10-15-13(2)17(19)18(20)22-16(15)12-14/h9-10,12H,3-8,11H2,1-2H3. The van der Waals surface area contributed by atoms with Gasteiger partial charge >= 0.3 is 5.63 Å². The SMILES string of the molecule is CCCCCCCCOc1ccc2c(C)c(Br)c(=O)oc2c1. The summed E-state index contributed by atoms with van der Waals surface area (Å²) in [6, 6.07) is 5.67. The lowest BCUT2D eigenvalue weighted by molar-refractivity contribution is 0.304. The van der Waals surface area contributed by atoms with Gasteiger partial charge in [-0.1, -0.05) is 39.0 Å². The molecule has 0 aliphatic heterocycles. The van der Waals surface area contributed by atoms with Crippen LogP contribution in [-0.4, -0.2) is 6.61 Å². The summed E-state index contributed by atoms with van der Waals surface area (Å²) in [6.07, 6.45) is 7.44. The first kappa shape index (κ1) is 17.1. The third kappa shape index (κ3) is 4.35. The molecule has 2 rings (SSSR count). The fraction of sp³-hybridized carbons (Fsp3) is 0.500. The molecule has 4 heteroatoms. The van der Waals surface area contributed by atoms with Gasteiger partial charge in [-0.2, -0.15) is 0 Å². The molecule has 0 atom stereocenters. The van der Waals surface area contributed by atoms with Crippen LogP contribution >= 0.6 is 15.9 Å². The summed E-state index contributed by atoms with van der Waals surface area (Å²) in [5, 5.41) is 0.929. The summed E-state index contributed by atoms with van der Waals surface area (Å²) in [6.45, 7) is 4.83. The summed E-state index contributed by atoms with van der Waals surface area (Å²) in [4.78, 5) is 11.7. The molecular formula is C18H23BrO3. The Bertz CT molecular complexity index is 676. The third-order valence-electron chi connectivity index (χ3n) is 3.83. The molecule has 0 amide bonds. The fourth-order valence-electron chi connectivity index (χ4n) is 2.48. The fourth-order valence-corrected chi connectivity index (χ4v) is 2.77. The van der Waals surface area contributed by atoms with Gasteiger partial charge < -0.3 is 9.15 Å². The van der Waals surface area contributed by atoms with Crippen molar-refractivity contribution in [2.75, 3.05) is 6.61 Å². The normalized spacial score (nSPS) is 11.0. The number of benzene rings is 1. The van der Waals surface area contributed by atoms with E-state index in [9.17, 15) is 4.79 Å². The Hall–Kier alpha value is -1.29. The van der Waals surface area contributed by atoms with Crippen molar-refractivity contribution in [2.24, 2.45) is 0 Å². The molecule has 22 heavy (non-hydrogen) atoms. The van der Waals surface area contributed by atoms with Crippen molar-refractivity contribution in [3.05, 3.63) is 38.7 Å². The zero-order chi connectivity index (χ0) is 15.9. The molecule has 2 aromatic rings. The summed E-state index contributed by atoms with van der Waals surface area (Å²) in [5.41, 5.74) is 1.12. The number of fused-ring (bicyclic) bond motifs is 1. The minimum absolute atomic E-state index is 0.349. The van der Waals surface area contributed by atoms with E-state index in [4.69, 9.17) is 9.15 Å². The quantitative estimate of drug-likeness (QED) is 0.450.